The van der Waals surface area contributed by atoms with E-state index in [0.717, 1.165) is 18.4 Å². The molecule has 3 rings (SSSR count). The van der Waals surface area contributed by atoms with Crippen molar-refractivity contribution in [2.45, 2.75) is 18.9 Å². The van der Waals surface area contributed by atoms with E-state index in [9.17, 15) is 9.18 Å². The lowest BCUT2D eigenvalue weighted by Gasteiger charge is -2.25. The summed E-state index contributed by atoms with van der Waals surface area (Å²) >= 11 is 3.30. The zero-order chi connectivity index (χ0) is 14.8. The molecule has 2 aromatic carbocycles. The number of nitrogens with zero attached hydrogens (tertiary/aromatic N) is 1. The highest BCUT2D eigenvalue weighted by molar-refractivity contribution is 9.10. The number of carbonyl (C=O) groups is 1. The number of rotatable bonds is 2. The maximum atomic E-state index is 13.9. The summed E-state index contributed by atoms with van der Waals surface area (Å²) in [6.07, 6.45) is 1.87. The predicted molar refractivity (Wildman–Crippen MR) is 83.6 cm³/mol. The molecular weight excluding hydrogens is 333 g/mol. The fraction of sp³-hybridized carbons (Fsp3) is 0.235. The third kappa shape index (κ3) is 2.86. The van der Waals surface area contributed by atoms with Crippen molar-refractivity contribution in [3.63, 3.8) is 0 Å². The quantitative estimate of drug-likeness (QED) is 0.779. The third-order valence-corrected chi connectivity index (χ3v) is 4.35. The van der Waals surface area contributed by atoms with Crippen molar-refractivity contribution in [2.75, 3.05) is 6.54 Å². The van der Waals surface area contributed by atoms with Gasteiger partial charge in [-0.2, -0.15) is 0 Å². The third-order valence-electron chi connectivity index (χ3n) is 3.86. The first-order valence-corrected chi connectivity index (χ1v) is 7.77. The molecule has 1 saturated heterocycles. The van der Waals surface area contributed by atoms with Gasteiger partial charge < -0.3 is 4.90 Å². The van der Waals surface area contributed by atoms with E-state index in [-0.39, 0.29) is 17.5 Å². The van der Waals surface area contributed by atoms with E-state index < -0.39 is 5.82 Å². The van der Waals surface area contributed by atoms with Gasteiger partial charge in [0.05, 0.1) is 11.6 Å². The van der Waals surface area contributed by atoms with Gasteiger partial charge in [0.25, 0.3) is 5.91 Å². The minimum Gasteiger partial charge on any atom is -0.332 e. The Hall–Kier alpha value is -1.68. The first-order valence-electron chi connectivity index (χ1n) is 6.98. The minimum atomic E-state index is -0.470. The van der Waals surface area contributed by atoms with E-state index in [1.54, 1.807) is 17.0 Å². The van der Waals surface area contributed by atoms with Crippen LogP contribution in [0.25, 0.3) is 0 Å². The van der Waals surface area contributed by atoms with Gasteiger partial charge in [-0.3, -0.25) is 4.79 Å². The highest BCUT2D eigenvalue weighted by Gasteiger charge is 2.31. The van der Waals surface area contributed by atoms with Gasteiger partial charge in [-0.25, -0.2) is 4.39 Å². The van der Waals surface area contributed by atoms with Crippen molar-refractivity contribution in [1.82, 2.24) is 4.90 Å². The summed E-state index contributed by atoms with van der Waals surface area (Å²) in [6, 6.07) is 14.5. The Morgan fingerprint density at radius 1 is 1.19 bits per heavy atom. The van der Waals surface area contributed by atoms with E-state index in [1.807, 2.05) is 30.3 Å². The van der Waals surface area contributed by atoms with Crippen molar-refractivity contribution in [3.05, 3.63) is 69.9 Å². The van der Waals surface area contributed by atoms with E-state index >= 15 is 0 Å². The molecule has 21 heavy (non-hydrogen) atoms. The van der Waals surface area contributed by atoms with Gasteiger partial charge in [0.1, 0.15) is 5.82 Å². The minimum absolute atomic E-state index is 0.0390. The van der Waals surface area contributed by atoms with Crippen LogP contribution in [0.15, 0.2) is 53.0 Å². The largest absolute Gasteiger partial charge is 0.332 e. The van der Waals surface area contributed by atoms with Gasteiger partial charge in [-0.05, 0) is 36.6 Å². The molecule has 1 amide bonds. The van der Waals surface area contributed by atoms with Crippen LogP contribution in [-0.4, -0.2) is 17.4 Å². The molecule has 0 N–H and O–H groups in total. The molecule has 4 heteroatoms. The van der Waals surface area contributed by atoms with Crippen LogP contribution < -0.4 is 0 Å². The lowest BCUT2D eigenvalue weighted by atomic mass is 10.0. The Morgan fingerprint density at radius 3 is 2.71 bits per heavy atom. The van der Waals surface area contributed by atoms with Crippen LogP contribution in [0.1, 0.15) is 34.8 Å². The number of halogens is 2. The molecule has 0 bridgehead atoms. The Morgan fingerprint density at radius 2 is 1.95 bits per heavy atom. The standard InChI is InChI=1S/C17H15BrFNO/c18-13-8-9-15(19)14(11-13)17(21)20-10-4-7-16(20)12-5-2-1-3-6-12/h1-3,5-6,8-9,11,16H,4,7,10H2/t16-/m0/s1. The number of carbonyl (C=O) groups excluding carboxylic acids is 1. The molecule has 1 aliphatic rings. The topological polar surface area (TPSA) is 20.3 Å². The Kier molecular flexibility index (Phi) is 4.06. The molecule has 1 aliphatic heterocycles. The highest BCUT2D eigenvalue weighted by Crippen LogP contribution is 2.33. The highest BCUT2D eigenvalue weighted by atomic mass is 79.9. The maximum Gasteiger partial charge on any atom is 0.257 e. The maximum absolute atomic E-state index is 13.9. The molecule has 0 aliphatic carbocycles. The molecule has 2 aromatic rings. The van der Waals surface area contributed by atoms with Crippen LogP contribution in [0, 0.1) is 5.82 Å². The van der Waals surface area contributed by atoms with Gasteiger partial charge in [0, 0.05) is 11.0 Å². The number of likely N-dealkylation sites (tertiary alicyclic amines) is 1. The molecular formula is C17H15BrFNO. The second-order valence-electron chi connectivity index (χ2n) is 5.19. The van der Waals surface area contributed by atoms with Crippen LogP contribution in [0.3, 0.4) is 0 Å². The van der Waals surface area contributed by atoms with E-state index in [0.29, 0.717) is 11.0 Å². The normalized spacial score (nSPS) is 18.0. The molecule has 0 radical (unpaired) electrons. The van der Waals surface area contributed by atoms with Crippen molar-refractivity contribution >= 4 is 21.8 Å². The predicted octanol–water partition coefficient (Wildman–Crippen LogP) is 4.57. The van der Waals surface area contributed by atoms with Crippen LogP contribution in [-0.2, 0) is 0 Å². The number of hydrogen-bond acceptors (Lipinski definition) is 1. The average molecular weight is 348 g/mol. The summed E-state index contributed by atoms with van der Waals surface area (Å²) in [4.78, 5) is 14.4. The summed E-state index contributed by atoms with van der Waals surface area (Å²) in [5, 5.41) is 0. The number of hydrogen-bond donors (Lipinski definition) is 0. The molecule has 0 unspecified atom stereocenters. The smallest absolute Gasteiger partial charge is 0.257 e. The molecule has 1 heterocycles. The van der Waals surface area contributed by atoms with Gasteiger partial charge in [0.2, 0.25) is 0 Å². The molecule has 108 valence electrons. The first kappa shape index (κ1) is 14.3. The van der Waals surface area contributed by atoms with Gasteiger partial charge in [0.15, 0.2) is 0 Å². The zero-order valence-corrected chi connectivity index (χ0v) is 13.0. The second-order valence-corrected chi connectivity index (χ2v) is 6.11. The lowest BCUT2D eigenvalue weighted by Crippen LogP contribution is -2.31. The lowest BCUT2D eigenvalue weighted by molar-refractivity contribution is 0.0731. The number of amides is 1. The molecule has 1 atom stereocenters. The summed E-state index contributed by atoms with van der Waals surface area (Å²) in [7, 11) is 0. The Labute approximate surface area is 131 Å². The Bertz CT molecular complexity index is 659. The zero-order valence-electron chi connectivity index (χ0n) is 11.4. The summed E-state index contributed by atoms with van der Waals surface area (Å²) in [6.45, 7) is 0.671. The molecule has 1 fully saturated rings. The van der Waals surface area contributed by atoms with Gasteiger partial charge in [-0.15, -0.1) is 0 Å². The van der Waals surface area contributed by atoms with Crippen molar-refractivity contribution in [1.29, 1.82) is 0 Å². The number of benzene rings is 2. The van der Waals surface area contributed by atoms with E-state index in [1.165, 1.54) is 6.07 Å². The van der Waals surface area contributed by atoms with E-state index in [2.05, 4.69) is 15.9 Å². The van der Waals surface area contributed by atoms with Crippen LogP contribution in [0.5, 0.6) is 0 Å². The van der Waals surface area contributed by atoms with Crippen LogP contribution in [0.2, 0.25) is 0 Å². The fourth-order valence-corrected chi connectivity index (χ4v) is 3.21. The van der Waals surface area contributed by atoms with Crippen molar-refractivity contribution in [3.8, 4) is 0 Å². The van der Waals surface area contributed by atoms with Crippen LogP contribution in [0.4, 0.5) is 4.39 Å². The molecule has 2 nitrogen and oxygen atoms in total. The monoisotopic (exact) mass is 347 g/mol. The second kappa shape index (κ2) is 5.98. The van der Waals surface area contributed by atoms with Gasteiger partial charge in [-0.1, -0.05) is 46.3 Å². The summed E-state index contributed by atoms with van der Waals surface area (Å²) in [5.41, 5.74) is 1.24. The molecule has 0 saturated carbocycles. The molecule has 0 aromatic heterocycles. The Balaban J connectivity index is 1.92. The SMILES string of the molecule is O=C(c1cc(Br)ccc1F)N1CCC[C@H]1c1ccccc1. The van der Waals surface area contributed by atoms with Crippen molar-refractivity contribution in [2.24, 2.45) is 0 Å². The van der Waals surface area contributed by atoms with E-state index in [4.69, 9.17) is 0 Å². The summed E-state index contributed by atoms with van der Waals surface area (Å²) < 4.78 is 14.6. The van der Waals surface area contributed by atoms with Gasteiger partial charge >= 0.3 is 0 Å². The van der Waals surface area contributed by atoms with Crippen molar-refractivity contribution < 1.29 is 9.18 Å². The first-order chi connectivity index (χ1) is 10.2. The summed E-state index contributed by atoms with van der Waals surface area (Å²) in [5.74, 6) is -0.706. The fourth-order valence-electron chi connectivity index (χ4n) is 2.85. The average Bonchev–Trinajstić information content (AvgIpc) is 2.99. The molecule has 0 spiro atoms. The van der Waals surface area contributed by atoms with Crippen LogP contribution >= 0.6 is 15.9 Å².